The first-order chi connectivity index (χ1) is 18.8. The van der Waals surface area contributed by atoms with Gasteiger partial charge in [0.05, 0.1) is 12.1 Å². The van der Waals surface area contributed by atoms with E-state index in [1.807, 2.05) is 0 Å². The third kappa shape index (κ3) is 4.02. The molecule has 7 rings (SSSR count). The second-order valence-electron chi connectivity index (χ2n) is 12.4. The molecule has 5 atom stereocenters. The minimum absolute atomic E-state index is 0.409. The molecule has 2 nitrogen and oxygen atoms in total. The van der Waals surface area contributed by atoms with Crippen LogP contribution in [0.15, 0.2) is 106 Å². The topological polar surface area (TPSA) is 6.48 Å². The number of nitrogens with zero attached hydrogens (tertiary/aromatic N) is 2. The van der Waals surface area contributed by atoms with Crippen LogP contribution in [0.1, 0.15) is 71.6 Å². The Morgan fingerprint density at radius 1 is 0.895 bits per heavy atom. The fourth-order valence-electron chi connectivity index (χ4n) is 8.35. The van der Waals surface area contributed by atoms with Crippen molar-refractivity contribution in [3.05, 3.63) is 106 Å². The number of rotatable bonds is 6. The van der Waals surface area contributed by atoms with Gasteiger partial charge >= 0.3 is 0 Å². The molecule has 38 heavy (non-hydrogen) atoms. The lowest BCUT2D eigenvalue weighted by atomic mass is 9.65. The molecule has 0 aromatic heterocycles. The molecule has 2 aliphatic heterocycles. The van der Waals surface area contributed by atoms with Gasteiger partial charge in [-0.05, 0) is 85.8 Å². The molecule has 0 aromatic rings. The maximum Gasteiger partial charge on any atom is 0.0730 e. The molecule has 0 fully saturated rings. The molecular weight excluding hydrogens is 460 g/mol. The van der Waals surface area contributed by atoms with E-state index in [1.54, 1.807) is 28.0 Å². The standard InChI is InChI=1S/C36H44N2/c1-3-5-19-37-33-13-9-7-11-27(33)21-29-17-15-25-24-32-26(23-31(25)35(29)37)16-18-30-22-28-12-8-10-14-34(28)38(36(30)32)20-6-4-2/h7-14,17,21-22,25,28,33-34,36H,3-6,15-16,18-20,23-24H2,1-2H3. The van der Waals surface area contributed by atoms with E-state index in [9.17, 15) is 0 Å². The van der Waals surface area contributed by atoms with Crippen LogP contribution >= 0.6 is 0 Å². The maximum atomic E-state index is 2.91. The predicted molar refractivity (Wildman–Crippen MR) is 160 cm³/mol. The Morgan fingerprint density at radius 3 is 2.63 bits per heavy atom. The molecule has 0 aromatic carbocycles. The summed E-state index contributed by atoms with van der Waals surface area (Å²) in [5.41, 5.74) is 11.6. The van der Waals surface area contributed by atoms with Crippen LogP contribution < -0.4 is 0 Å². The summed E-state index contributed by atoms with van der Waals surface area (Å²) >= 11 is 0. The minimum Gasteiger partial charge on any atom is -0.361 e. The fraction of sp³-hybridized carbons (Fsp3) is 0.500. The maximum absolute atomic E-state index is 2.91. The van der Waals surface area contributed by atoms with Gasteiger partial charge in [0.1, 0.15) is 0 Å². The Bertz CT molecular complexity index is 1260. The highest BCUT2D eigenvalue weighted by Gasteiger charge is 2.44. The van der Waals surface area contributed by atoms with E-state index in [-0.39, 0.29) is 0 Å². The van der Waals surface area contributed by atoms with Crippen molar-refractivity contribution in [2.45, 2.75) is 89.8 Å². The first-order valence-electron chi connectivity index (χ1n) is 15.6. The third-order valence-corrected chi connectivity index (χ3v) is 10.2. The van der Waals surface area contributed by atoms with Gasteiger partial charge in [0.25, 0.3) is 0 Å². The molecular formula is C36H44N2. The summed E-state index contributed by atoms with van der Waals surface area (Å²) in [6.07, 6.45) is 37.7. The lowest BCUT2D eigenvalue weighted by Crippen LogP contribution is -2.52. The lowest BCUT2D eigenvalue weighted by Gasteiger charge is -2.51. The second kappa shape index (κ2) is 10.2. The Labute approximate surface area is 230 Å². The van der Waals surface area contributed by atoms with Gasteiger partial charge in [0.2, 0.25) is 0 Å². The molecule has 198 valence electrons. The summed E-state index contributed by atoms with van der Waals surface area (Å²) in [5.74, 6) is 1.22. The highest BCUT2D eigenvalue weighted by molar-refractivity contribution is 5.58. The van der Waals surface area contributed by atoms with Gasteiger partial charge < -0.3 is 4.90 Å². The van der Waals surface area contributed by atoms with Gasteiger partial charge in [0.15, 0.2) is 0 Å². The van der Waals surface area contributed by atoms with E-state index < -0.39 is 0 Å². The van der Waals surface area contributed by atoms with Crippen molar-refractivity contribution in [2.24, 2.45) is 11.8 Å². The Balaban J connectivity index is 1.28. The van der Waals surface area contributed by atoms with E-state index >= 15 is 0 Å². The molecule has 5 unspecified atom stereocenters. The zero-order valence-corrected chi connectivity index (χ0v) is 23.4. The minimum atomic E-state index is 0.409. The molecule has 0 saturated heterocycles. The van der Waals surface area contributed by atoms with E-state index in [4.69, 9.17) is 0 Å². The molecule has 0 N–H and O–H groups in total. The molecule has 7 aliphatic rings. The lowest BCUT2D eigenvalue weighted by molar-refractivity contribution is 0.153. The monoisotopic (exact) mass is 504 g/mol. The molecule has 0 amide bonds. The van der Waals surface area contributed by atoms with E-state index in [0.29, 0.717) is 30.0 Å². The Kier molecular flexibility index (Phi) is 6.56. The Hall–Kier alpha value is -2.58. The molecule has 0 spiro atoms. The number of unbranched alkanes of at least 4 members (excludes halogenated alkanes) is 2. The number of hydrogen-bond donors (Lipinski definition) is 0. The average molecular weight is 505 g/mol. The number of allylic oxidation sites excluding steroid dienone is 8. The van der Waals surface area contributed by atoms with E-state index in [0.717, 1.165) is 6.54 Å². The van der Waals surface area contributed by atoms with E-state index in [2.05, 4.69) is 90.5 Å². The summed E-state index contributed by atoms with van der Waals surface area (Å²) in [5, 5.41) is 0. The molecule has 0 bridgehead atoms. The van der Waals surface area contributed by atoms with Gasteiger partial charge in [-0.2, -0.15) is 0 Å². The van der Waals surface area contributed by atoms with Crippen molar-refractivity contribution in [3.8, 4) is 0 Å². The van der Waals surface area contributed by atoms with Crippen LogP contribution in [0.3, 0.4) is 0 Å². The van der Waals surface area contributed by atoms with E-state index in [1.165, 1.54) is 75.5 Å². The highest BCUT2D eigenvalue weighted by Crippen LogP contribution is 2.52. The smallest absolute Gasteiger partial charge is 0.0730 e. The SMILES string of the molecule is CCCCN1C2=C3CC4=C(CC3CC=C2C=C2C=CC=CC21)C1C(=CC2C=CC=CC2N1CCCC)CC4. The molecule has 0 saturated carbocycles. The summed E-state index contributed by atoms with van der Waals surface area (Å²) < 4.78 is 0. The van der Waals surface area contributed by atoms with Crippen LogP contribution in [0, 0.1) is 11.8 Å². The van der Waals surface area contributed by atoms with Gasteiger partial charge in [-0.1, -0.05) is 98.6 Å². The van der Waals surface area contributed by atoms with Gasteiger partial charge in [-0.25, -0.2) is 0 Å². The van der Waals surface area contributed by atoms with Gasteiger partial charge in [-0.3, -0.25) is 4.90 Å². The van der Waals surface area contributed by atoms with Crippen LogP contribution in [0.5, 0.6) is 0 Å². The van der Waals surface area contributed by atoms with Crippen LogP contribution in [-0.4, -0.2) is 41.0 Å². The molecule has 0 radical (unpaired) electrons. The summed E-state index contributed by atoms with van der Waals surface area (Å²) in [6.45, 7) is 7.06. The molecule has 2 heterocycles. The zero-order valence-electron chi connectivity index (χ0n) is 23.4. The average Bonchev–Trinajstić information content (AvgIpc) is 2.96. The van der Waals surface area contributed by atoms with Crippen molar-refractivity contribution in [3.63, 3.8) is 0 Å². The van der Waals surface area contributed by atoms with Gasteiger partial charge in [-0.15, -0.1) is 0 Å². The van der Waals surface area contributed by atoms with Crippen molar-refractivity contribution < 1.29 is 0 Å². The van der Waals surface area contributed by atoms with Crippen molar-refractivity contribution in [2.75, 3.05) is 13.1 Å². The largest absolute Gasteiger partial charge is 0.361 e. The first-order valence-corrected chi connectivity index (χ1v) is 15.6. The molecule has 5 aliphatic carbocycles. The second-order valence-corrected chi connectivity index (χ2v) is 12.4. The van der Waals surface area contributed by atoms with Crippen LogP contribution in [0.4, 0.5) is 0 Å². The summed E-state index contributed by atoms with van der Waals surface area (Å²) in [7, 11) is 0. The van der Waals surface area contributed by atoms with Gasteiger partial charge in [0, 0.05) is 24.2 Å². The van der Waals surface area contributed by atoms with Crippen molar-refractivity contribution in [1.29, 1.82) is 0 Å². The quantitative estimate of drug-likeness (QED) is 0.337. The predicted octanol–water partition coefficient (Wildman–Crippen LogP) is 8.13. The van der Waals surface area contributed by atoms with Crippen LogP contribution in [0.2, 0.25) is 0 Å². The summed E-state index contributed by atoms with van der Waals surface area (Å²) in [6, 6.07) is 1.48. The van der Waals surface area contributed by atoms with Crippen molar-refractivity contribution in [1.82, 2.24) is 9.80 Å². The molecule has 2 heteroatoms. The Morgan fingerprint density at radius 2 is 1.74 bits per heavy atom. The van der Waals surface area contributed by atoms with Crippen molar-refractivity contribution >= 4 is 0 Å². The van der Waals surface area contributed by atoms with Crippen LogP contribution in [-0.2, 0) is 0 Å². The number of hydrogen-bond acceptors (Lipinski definition) is 2. The zero-order chi connectivity index (χ0) is 25.6. The van der Waals surface area contributed by atoms with Crippen LogP contribution in [0.25, 0.3) is 0 Å². The third-order valence-electron chi connectivity index (χ3n) is 10.2. The summed E-state index contributed by atoms with van der Waals surface area (Å²) in [4.78, 5) is 5.69. The fourth-order valence-corrected chi connectivity index (χ4v) is 8.35. The highest BCUT2D eigenvalue weighted by atomic mass is 15.2. The number of fused-ring (bicyclic) bond motifs is 6. The normalized spacial score (nSPS) is 33.1. The first kappa shape index (κ1) is 24.5.